The molecule has 1 aromatic rings. The van der Waals surface area contributed by atoms with E-state index in [9.17, 15) is 4.79 Å². The summed E-state index contributed by atoms with van der Waals surface area (Å²) in [5.74, 6) is 0. The molecule has 1 heterocycles. The average Bonchev–Trinajstić information content (AvgIpc) is 1.94. The lowest BCUT2D eigenvalue weighted by Crippen LogP contribution is -2.13. The highest BCUT2D eigenvalue weighted by Gasteiger charge is 1.93. The minimum Gasteiger partial charge on any atom is -0.268 e. The molecule has 0 atom stereocenters. The van der Waals surface area contributed by atoms with Gasteiger partial charge in [-0.25, -0.2) is 5.10 Å². The van der Waals surface area contributed by atoms with Crippen molar-refractivity contribution in [3.63, 3.8) is 0 Å². The van der Waals surface area contributed by atoms with Crippen LogP contribution in [-0.4, -0.2) is 15.4 Å². The van der Waals surface area contributed by atoms with Gasteiger partial charge in [0.05, 0.1) is 6.20 Å². The predicted molar refractivity (Wildman–Crippen MR) is 36.6 cm³/mol. The first-order valence-electron chi connectivity index (χ1n) is 2.84. The molecule has 0 aliphatic heterocycles. The van der Waals surface area contributed by atoms with E-state index in [0.717, 1.165) is 0 Å². The Hall–Kier alpha value is -1.45. The Bertz CT molecular complexity index is 278. The van der Waals surface area contributed by atoms with Crippen molar-refractivity contribution in [1.29, 1.82) is 0 Å². The molecule has 0 bridgehead atoms. The molecule has 0 aliphatic carbocycles. The fourth-order valence-electron chi connectivity index (χ4n) is 0.604. The fraction of sp³-hybridized carbons (Fsp3) is 0.167. The van der Waals surface area contributed by atoms with Crippen LogP contribution in [0.2, 0.25) is 0 Å². The van der Waals surface area contributed by atoms with E-state index in [2.05, 4.69) is 22.0 Å². The van der Waals surface area contributed by atoms with E-state index in [-0.39, 0.29) is 5.56 Å². The lowest BCUT2D eigenvalue weighted by Gasteiger charge is -1.88. The van der Waals surface area contributed by atoms with Gasteiger partial charge in [0.25, 0.3) is 5.56 Å². The summed E-state index contributed by atoms with van der Waals surface area (Å²) in [5.41, 5.74) is 0.389. The minimum atomic E-state index is -0.199. The SMILES string of the molecule is C=CCc1cnn[nH]c1=O. The first kappa shape index (κ1) is 6.67. The highest BCUT2D eigenvalue weighted by molar-refractivity contribution is 5.05. The zero-order valence-electron chi connectivity index (χ0n) is 5.37. The second kappa shape index (κ2) is 2.91. The first-order chi connectivity index (χ1) is 4.84. The molecule has 0 fully saturated rings. The van der Waals surface area contributed by atoms with Crippen LogP contribution < -0.4 is 5.56 Å². The Balaban J connectivity index is 3.03. The second-order valence-electron chi connectivity index (χ2n) is 1.80. The standard InChI is InChI=1S/C6H7N3O/c1-2-3-5-4-7-9-8-6(5)10/h2,4H,1,3H2,(H,7,8,10). The summed E-state index contributed by atoms with van der Waals surface area (Å²) >= 11 is 0. The van der Waals surface area contributed by atoms with Gasteiger partial charge in [-0.05, 0) is 6.42 Å². The minimum absolute atomic E-state index is 0.199. The molecular weight excluding hydrogens is 130 g/mol. The highest BCUT2D eigenvalue weighted by Crippen LogP contribution is 1.85. The first-order valence-corrected chi connectivity index (χ1v) is 2.84. The summed E-state index contributed by atoms with van der Waals surface area (Å²) in [6.45, 7) is 3.50. The molecule has 1 aromatic heterocycles. The molecule has 0 saturated heterocycles. The van der Waals surface area contributed by atoms with Gasteiger partial charge in [-0.3, -0.25) is 4.79 Å². The topological polar surface area (TPSA) is 58.6 Å². The molecule has 4 nitrogen and oxygen atoms in total. The van der Waals surface area contributed by atoms with Gasteiger partial charge in [0.2, 0.25) is 0 Å². The Morgan fingerprint density at radius 3 is 3.20 bits per heavy atom. The van der Waals surface area contributed by atoms with Gasteiger partial charge >= 0.3 is 0 Å². The van der Waals surface area contributed by atoms with Crippen molar-refractivity contribution in [3.8, 4) is 0 Å². The number of aromatic nitrogens is 3. The molecule has 0 saturated carbocycles. The van der Waals surface area contributed by atoms with Crippen LogP contribution in [0.25, 0.3) is 0 Å². The third kappa shape index (κ3) is 1.28. The molecule has 0 aromatic carbocycles. The molecule has 1 rings (SSSR count). The van der Waals surface area contributed by atoms with E-state index < -0.39 is 0 Å². The lowest BCUT2D eigenvalue weighted by atomic mass is 10.2. The zero-order chi connectivity index (χ0) is 7.40. The Labute approximate surface area is 57.6 Å². The van der Waals surface area contributed by atoms with Gasteiger partial charge in [0.15, 0.2) is 0 Å². The number of rotatable bonds is 2. The number of aromatic amines is 1. The third-order valence-electron chi connectivity index (χ3n) is 1.08. The fourth-order valence-corrected chi connectivity index (χ4v) is 0.604. The maximum absolute atomic E-state index is 10.8. The monoisotopic (exact) mass is 137 g/mol. The van der Waals surface area contributed by atoms with Crippen LogP contribution in [0, 0.1) is 0 Å². The Morgan fingerprint density at radius 1 is 1.80 bits per heavy atom. The van der Waals surface area contributed by atoms with Crippen LogP contribution in [0.15, 0.2) is 23.6 Å². The summed E-state index contributed by atoms with van der Waals surface area (Å²) in [4.78, 5) is 10.8. The maximum Gasteiger partial charge on any atom is 0.270 e. The maximum atomic E-state index is 10.8. The number of allylic oxidation sites excluding steroid dienone is 1. The smallest absolute Gasteiger partial charge is 0.268 e. The summed E-state index contributed by atoms with van der Waals surface area (Å²) in [6, 6.07) is 0. The van der Waals surface area contributed by atoms with Crippen LogP contribution in [-0.2, 0) is 6.42 Å². The lowest BCUT2D eigenvalue weighted by molar-refractivity contribution is 0.820. The normalized spacial score (nSPS) is 9.20. The van der Waals surface area contributed by atoms with Gasteiger partial charge in [0, 0.05) is 5.56 Å². The van der Waals surface area contributed by atoms with Crippen molar-refractivity contribution in [2.45, 2.75) is 6.42 Å². The van der Waals surface area contributed by atoms with Crippen LogP contribution in [0.1, 0.15) is 5.56 Å². The number of nitrogens with one attached hydrogen (secondary N) is 1. The van der Waals surface area contributed by atoms with E-state index in [1.54, 1.807) is 6.08 Å². The van der Waals surface area contributed by atoms with Crippen LogP contribution >= 0.6 is 0 Å². The van der Waals surface area contributed by atoms with Gasteiger partial charge in [-0.15, -0.1) is 11.7 Å². The molecule has 0 amide bonds. The Morgan fingerprint density at radius 2 is 2.60 bits per heavy atom. The Kier molecular flexibility index (Phi) is 1.94. The van der Waals surface area contributed by atoms with E-state index in [1.807, 2.05) is 0 Å². The number of hydrogen-bond donors (Lipinski definition) is 1. The van der Waals surface area contributed by atoms with Crippen LogP contribution in [0.4, 0.5) is 0 Å². The average molecular weight is 137 g/mol. The summed E-state index contributed by atoms with van der Waals surface area (Å²) in [5, 5.41) is 9.04. The van der Waals surface area contributed by atoms with Crippen LogP contribution in [0.3, 0.4) is 0 Å². The van der Waals surface area contributed by atoms with Gasteiger partial charge < -0.3 is 0 Å². The van der Waals surface area contributed by atoms with E-state index in [4.69, 9.17) is 0 Å². The number of nitrogens with zero attached hydrogens (tertiary/aromatic N) is 2. The van der Waals surface area contributed by atoms with Crippen LogP contribution in [0.5, 0.6) is 0 Å². The van der Waals surface area contributed by atoms with Gasteiger partial charge in [-0.1, -0.05) is 11.3 Å². The van der Waals surface area contributed by atoms with Crippen molar-refractivity contribution in [3.05, 3.63) is 34.8 Å². The molecule has 0 unspecified atom stereocenters. The van der Waals surface area contributed by atoms with Crippen molar-refractivity contribution in [2.24, 2.45) is 0 Å². The molecule has 0 radical (unpaired) electrons. The molecular formula is C6H7N3O. The van der Waals surface area contributed by atoms with Crippen molar-refractivity contribution in [1.82, 2.24) is 15.4 Å². The largest absolute Gasteiger partial charge is 0.270 e. The van der Waals surface area contributed by atoms with Crippen molar-refractivity contribution in [2.75, 3.05) is 0 Å². The van der Waals surface area contributed by atoms with Crippen molar-refractivity contribution < 1.29 is 0 Å². The van der Waals surface area contributed by atoms with Crippen molar-refractivity contribution >= 4 is 0 Å². The summed E-state index contributed by atoms with van der Waals surface area (Å²) < 4.78 is 0. The van der Waals surface area contributed by atoms with Gasteiger partial charge in [-0.2, -0.15) is 0 Å². The molecule has 52 valence electrons. The zero-order valence-corrected chi connectivity index (χ0v) is 5.37. The molecule has 0 aliphatic rings. The van der Waals surface area contributed by atoms with E-state index >= 15 is 0 Å². The van der Waals surface area contributed by atoms with E-state index in [1.165, 1.54) is 6.20 Å². The number of hydrogen-bond acceptors (Lipinski definition) is 3. The number of H-pyrrole nitrogens is 1. The quantitative estimate of drug-likeness (QED) is 0.579. The van der Waals surface area contributed by atoms with Gasteiger partial charge in [0.1, 0.15) is 0 Å². The second-order valence-corrected chi connectivity index (χ2v) is 1.80. The molecule has 4 heteroatoms. The third-order valence-corrected chi connectivity index (χ3v) is 1.08. The predicted octanol–water partition coefficient (Wildman–Crippen LogP) is -0.107. The molecule has 1 N–H and O–H groups in total. The molecule has 10 heavy (non-hydrogen) atoms. The highest BCUT2D eigenvalue weighted by atomic mass is 16.1. The molecule has 0 spiro atoms. The van der Waals surface area contributed by atoms with E-state index in [0.29, 0.717) is 12.0 Å². The summed E-state index contributed by atoms with van der Waals surface area (Å²) in [6.07, 6.45) is 3.61. The summed E-state index contributed by atoms with van der Waals surface area (Å²) in [7, 11) is 0.